The molecule has 7 rings (SSSR count). The summed E-state index contributed by atoms with van der Waals surface area (Å²) in [5, 5.41) is 10.0. The highest BCUT2D eigenvalue weighted by Gasteiger charge is 2.63. The highest BCUT2D eigenvalue weighted by Crippen LogP contribution is 2.48. The molecule has 1 aromatic carbocycles. The number of hydrogen-bond donors (Lipinski definition) is 3. The first-order valence-corrected chi connectivity index (χ1v) is 21.2. The van der Waals surface area contributed by atoms with Gasteiger partial charge in [-0.2, -0.15) is 0 Å². The van der Waals surface area contributed by atoms with E-state index in [4.69, 9.17) is 26.3 Å². The molecule has 4 aliphatic rings. The Morgan fingerprint density at radius 1 is 1.19 bits per heavy atom. The van der Waals surface area contributed by atoms with Crippen LogP contribution in [0.25, 0.3) is 21.6 Å². The van der Waals surface area contributed by atoms with Gasteiger partial charge in [-0.3, -0.25) is 14.3 Å². The number of pyridine rings is 1. The molecule has 0 bridgehead atoms. The van der Waals surface area contributed by atoms with Gasteiger partial charge >= 0.3 is 6.03 Å². The third-order valence-electron chi connectivity index (χ3n) is 11.3. The minimum absolute atomic E-state index is 0.132. The number of carbonyl (C=O) groups is 3. The number of carbonyl (C=O) groups excluding carboxylic acids is 3. The molecule has 2 saturated carbocycles. The Hall–Kier alpha value is -3.75. The van der Waals surface area contributed by atoms with Crippen LogP contribution in [0.15, 0.2) is 35.7 Å². The average molecular weight is 783 g/mol. The highest BCUT2D eigenvalue weighted by molar-refractivity contribution is 7.91. The number of sulfonamides is 1. The zero-order valence-electron chi connectivity index (χ0n) is 30.5. The number of methoxy groups -OCH3 is 1. The lowest BCUT2D eigenvalue weighted by Gasteiger charge is -2.27. The molecule has 0 unspecified atom stereocenters. The summed E-state index contributed by atoms with van der Waals surface area (Å²) in [4.78, 5) is 53.1. The topological polar surface area (TPSA) is 160 Å². The monoisotopic (exact) mass is 782 g/mol. The summed E-state index contributed by atoms with van der Waals surface area (Å²) in [6, 6.07) is 4.55. The van der Waals surface area contributed by atoms with E-state index in [9.17, 15) is 22.8 Å². The molecule has 3 aromatic rings. The second-order valence-electron chi connectivity index (χ2n) is 15.5. The molecule has 53 heavy (non-hydrogen) atoms. The molecule has 0 spiro atoms. The third-order valence-corrected chi connectivity index (χ3v) is 14.7. The lowest BCUT2D eigenvalue weighted by molar-refractivity contribution is -0.131. The van der Waals surface area contributed by atoms with Crippen molar-refractivity contribution in [3.63, 3.8) is 0 Å². The predicted molar refractivity (Wildman–Crippen MR) is 205 cm³/mol. The maximum atomic E-state index is 14.3. The summed E-state index contributed by atoms with van der Waals surface area (Å²) in [6.07, 6.45) is 9.40. The fourth-order valence-electron chi connectivity index (χ4n) is 7.46. The Labute approximate surface area is 319 Å². The second kappa shape index (κ2) is 14.5. The van der Waals surface area contributed by atoms with E-state index in [1.165, 1.54) is 11.3 Å². The van der Waals surface area contributed by atoms with Crippen molar-refractivity contribution in [1.82, 2.24) is 30.2 Å². The van der Waals surface area contributed by atoms with Crippen molar-refractivity contribution in [1.29, 1.82) is 0 Å². The van der Waals surface area contributed by atoms with Crippen LogP contribution in [-0.4, -0.2) is 77.7 Å². The standard InChI is InChI=1S/C38H47ClN6O6S2/c1-22(2)28-21-52-34(42-28)27-18-24(26-11-12-30(51-4)31(39)32(26)41-27)16-23-17-29-33(46)43-38(35(47)44-53(49,50)37(3)13-14-37)19-25(38)10-8-6-5-7-9-15-40-36(48)45(29)20-23/h8,10-12,18,21-23,25,29H,5-7,9,13-17,19-20H2,1-4H3,(H,40,48)(H,43,46)(H,44,47)/b10-8-/t23-,25-,29+,38-/m1/s1. The van der Waals surface area contributed by atoms with Crippen molar-refractivity contribution in [2.45, 2.75) is 101 Å². The summed E-state index contributed by atoms with van der Waals surface area (Å²) in [6.45, 7) is 6.58. The smallest absolute Gasteiger partial charge is 0.318 e. The number of nitrogens with zero attached hydrogens (tertiary/aromatic N) is 3. The fraction of sp³-hybridized carbons (Fsp3) is 0.553. The maximum absolute atomic E-state index is 14.3. The number of ether oxygens (including phenoxy) is 1. The van der Waals surface area contributed by atoms with Gasteiger partial charge in [-0.25, -0.2) is 23.2 Å². The van der Waals surface area contributed by atoms with E-state index in [1.807, 2.05) is 35.7 Å². The second-order valence-corrected chi connectivity index (χ2v) is 18.9. The summed E-state index contributed by atoms with van der Waals surface area (Å²) in [5.41, 5.74) is 1.77. The van der Waals surface area contributed by atoms with Gasteiger partial charge < -0.3 is 20.3 Å². The number of urea groups is 1. The normalized spacial score (nSPS) is 26.5. The predicted octanol–water partition coefficient (Wildman–Crippen LogP) is 6.09. The quantitative estimate of drug-likeness (QED) is 0.232. The number of halogens is 1. The first-order valence-electron chi connectivity index (χ1n) is 18.5. The minimum atomic E-state index is -3.93. The van der Waals surface area contributed by atoms with Crippen molar-refractivity contribution < 1.29 is 27.5 Å². The molecule has 2 aromatic heterocycles. The van der Waals surface area contributed by atoms with Gasteiger partial charge in [-0.15, -0.1) is 11.3 Å². The van der Waals surface area contributed by atoms with E-state index in [1.54, 1.807) is 18.9 Å². The van der Waals surface area contributed by atoms with Gasteiger partial charge in [0.25, 0.3) is 5.91 Å². The molecule has 4 amide bonds. The summed E-state index contributed by atoms with van der Waals surface area (Å²) >= 11 is 8.36. The number of nitrogens with one attached hydrogen (secondary N) is 3. The van der Waals surface area contributed by atoms with Crippen LogP contribution in [0.2, 0.25) is 5.02 Å². The van der Waals surface area contributed by atoms with Gasteiger partial charge in [-0.1, -0.05) is 44.0 Å². The van der Waals surface area contributed by atoms with Crippen LogP contribution in [0.5, 0.6) is 5.75 Å². The number of hydrogen-bond acceptors (Lipinski definition) is 9. The fourth-order valence-corrected chi connectivity index (χ4v) is 9.99. The van der Waals surface area contributed by atoms with Crippen molar-refractivity contribution in [3.05, 3.63) is 52.0 Å². The van der Waals surface area contributed by atoms with Gasteiger partial charge in [0.2, 0.25) is 15.9 Å². The molecule has 4 heterocycles. The van der Waals surface area contributed by atoms with Crippen molar-refractivity contribution >= 4 is 61.7 Å². The lowest BCUT2D eigenvalue weighted by Crippen LogP contribution is -2.57. The van der Waals surface area contributed by atoms with E-state index >= 15 is 0 Å². The number of thiazole rings is 1. The van der Waals surface area contributed by atoms with Crippen LogP contribution < -0.4 is 20.1 Å². The van der Waals surface area contributed by atoms with Gasteiger partial charge in [0.05, 0.1) is 28.8 Å². The number of benzene rings is 1. The van der Waals surface area contributed by atoms with Crippen LogP contribution in [0.1, 0.15) is 89.3 Å². The lowest BCUT2D eigenvalue weighted by atomic mass is 9.93. The van der Waals surface area contributed by atoms with E-state index in [0.717, 1.165) is 47.3 Å². The molecule has 12 nitrogen and oxygen atoms in total. The summed E-state index contributed by atoms with van der Waals surface area (Å²) in [7, 11) is -2.37. The van der Waals surface area contributed by atoms with E-state index < -0.39 is 38.2 Å². The molecule has 1 saturated heterocycles. The number of aromatic nitrogens is 2. The van der Waals surface area contributed by atoms with Gasteiger partial charge in [0.15, 0.2) is 0 Å². The zero-order chi connectivity index (χ0) is 37.7. The first-order chi connectivity index (χ1) is 25.2. The molecule has 0 radical (unpaired) electrons. The minimum Gasteiger partial charge on any atom is -0.495 e. The van der Waals surface area contributed by atoms with Crippen molar-refractivity contribution in [2.24, 2.45) is 11.8 Å². The molecule has 3 N–H and O–H groups in total. The highest BCUT2D eigenvalue weighted by atomic mass is 35.5. The molecular formula is C38H47ClN6O6S2. The summed E-state index contributed by atoms with van der Waals surface area (Å²) in [5.74, 6) is -0.939. The summed E-state index contributed by atoms with van der Waals surface area (Å²) < 4.78 is 33.0. The maximum Gasteiger partial charge on any atom is 0.318 e. The molecule has 2 aliphatic heterocycles. The van der Waals surface area contributed by atoms with Crippen LogP contribution in [-0.2, 0) is 26.0 Å². The first kappa shape index (κ1) is 37.6. The Balaban J connectivity index is 1.20. The molecule has 3 fully saturated rings. The number of amides is 4. The van der Waals surface area contributed by atoms with Crippen LogP contribution in [0.3, 0.4) is 0 Å². The number of fused-ring (bicyclic) bond motifs is 3. The van der Waals surface area contributed by atoms with Gasteiger partial charge in [0, 0.05) is 29.8 Å². The van der Waals surface area contributed by atoms with Crippen LogP contribution >= 0.6 is 22.9 Å². The Morgan fingerprint density at radius 2 is 1.98 bits per heavy atom. The number of rotatable bonds is 8. The van der Waals surface area contributed by atoms with Gasteiger partial charge in [-0.05, 0) is 93.9 Å². The molecule has 15 heteroatoms. The van der Waals surface area contributed by atoms with E-state index in [0.29, 0.717) is 60.8 Å². The molecular weight excluding hydrogens is 736 g/mol. The SMILES string of the molecule is COc1ccc2c(C[C@@H]3C[C@H]4C(=O)N[C@]5(C(=O)NS(=O)(=O)C6(C)CC6)C[C@H]5/C=C\CCCCCNC(=O)N4C3)cc(-c3nc(C(C)C)cs3)nc2c1Cl. The number of allylic oxidation sites excluding steroid dienone is 1. The van der Waals surface area contributed by atoms with Crippen LogP contribution in [0.4, 0.5) is 4.79 Å². The Morgan fingerprint density at radius 3 is 2.70 bits per heavy atom. The molecule has 2 aliphatic carbocycles. The third kappa shape index (κ3) is 7.38. The van der Waals surface area contributed by atoms with Crippen LogP contribution in [0, 0.1) is 11.8 Å². The van der Waals surface area contributed by atoms with Crippen molar-refractivity contribution in [3.8, 4) is 16.5 Å². The largest absolute Gasteiger partial charge is 0.495 e. The van der Waals surface area contributed by atoms with E-state index in [-0.39, 0.29) is 30.2 Å². The average Bonchev–Trinajstić information content (AvgIpc) is 3.89. The molecule has 4 atom stereocenters. The van der Waals surface area contributed by atoms with Crippen molar-refractivity contribution in [2.75, 3.05) is 20.2 Å². The Bertz CT molecular complexity index is 2080. The zero-order valence-corrected chi connectivity index (χ0v) is 32.9. The van der Waals surface area contributed by atoms with Gasteiger partial charge in [0.1, 0.15) is 27.4 Å². The molecule has 284 valence electrons. The Kier molecular flexibility index (Phi) is 10.3. The van der Waals surface area contributed by atoms with E-state index in [2.05, 4.69) is 29.2 Å².